The first-order chi connectivity index (χ1) is 12.0. The third-order valence-electron chi connectivity index (χ3n) is 4.56. The summed E-state index contributed by atoms with van der Waals surface area (Å²) in [5, 5.41) is 2.19. The van der Waals surface area contributed by atoms with Crippen LogP contribution in [0.25, 0.3) is 0 Å². The molecule has 0 bridgehead atoms. The normalized spacial score (nSPS) is 19.9. The number of hydrogen-bond donors (Lipinski definition) is 2. The molecule has 2 aliphatic rings. The molecule has 0 aromatic heterocycles. The molecule has 1 saturated heterocycles. The summed E-state index contributed by atoms with van der Waals surface area (Å²) in [6.07, 6.45) is 1.00. The van der Waals surface area contributed by atoms with Crippen molar-refractivity contribution in [2.45, 2.75) is 25.3 Å². The maximum absolute atomic E-state index is 12.9. The highest BCUT2D eigenvalue weighted by Crippen LogP contribution is 2.33. The number of fused-ring (bicyclic) bond motifs is 1. The van der Waals surface area contributed by atoms with Crippen molar-refractivity contribution in [3.8, 4) is 0 Å². The third-order valence-corrected chi connectivity index (χ3v) is 4.56. The molecule has 8 heteroatoms. The van der Waals surface area contributed by atoms with E-state index in [2.05, 4.69) is 5.32 Å². The van der Waals surface area contributed by atoms with Crippen LogP contribution in [0.5, 0.6) is 0 Å². The standard InChI is InChI=1S/C17H20N4O4/c1-20(9-3-8-18)11-5-2-4-10-14(11)17(25)21(16(10)24)12-6-7-13(22)19-15(12)23/h2,4-5,12H,3,6-9,18H2,1H3,(H,19,22,23). The van der Waals surface area contributed by atoms with Gasteiger partial charge in [0.25, 0.3) is 11.8 Å². The molecule has 25 heavy (non-hydrogen) atoms. The van der Waals surface area contributed by atoms with Crippen molar-refractivity contribution >= 4 is 29.3 Å². The van der Waals surface area contributed by atoms with Crippen LogP contribution in [-0.2, 0) is 9.59 Å². The Morgan fingerprint density at radius 1 is 1.24 bits per heavy atom. The highest BCUT2D eigenvalue weighted by Gasteiger charge is 2.45. The molecule has 3 N–H and O–H groups in total. The van der Waals surface area contributed by atoms with Crippen molar-refractivity contribution in [2.75, 3.05) is 25.0 Å². The summed E-state index contributed by atoms with van der Waals surface area (Å²) in [4.78, 5) is 51.9. The van der Waals surface area contributed by atoms with E-state index >= 15 is 0 Å². The van der Waals surface area contributed by atoms with Gasteiger partial charge in [0.15, 0.2) is 0 Å². The average molecular weight is 344 g/mol. The molecular formula is C17H20N4O4. The van der Waals surface area contributed by atoms with Crippen LogP contribution < -0.4 is 16.0 Å². The number of hydrogen-bond acceptors (Lipinski definition) is 6. The molecular weight excluding hydrogens is 324 g/mol. The Morgan fingerprint density at radius 2 is 2.00 bits per heavy atom. The number of nitrogens with two attached hydrogens (primary N) is 1. The van der Waals surface area contributed by atoms with Gasteiger partial charge in [0.1, 0.15) is 6.04 Å². The largest absolute Gasteiger partial charge is 0.374 e. The second kappa shape index (κ2) is 6.64. The van der Waals surface area contributed by atoms with Crippen LogP contribution in [0.2, 0.25) is 0 Å². The summed E-state index contributed by atoms with van der Waals surface area (Å²) in [6, 6.07) is 4.12. The predicted molar refractivity (Wildman–Crippen MR) is 90.1 cm³/mol. The number of rotatable bonds is 5. The average Bonchev–Trinajstić information content (AvgIpc) is 2.84. The number of amides is 4. The minimum absolute atomic E-state index is 0.104. The first-order valence-electron chi connectivity index (χ1n) is 8.21. The van der Waals surface area contributed by atoms with Crippen LogP contribution in [0.4, 0.5) is 5.69 Å². The SMILES string of the molecule is CN(CCCN)c1cccc2c1C(=O)N(C1CCC(=O)NC1=O)C2=O. The Hall–Kier alpha value is -2.74. The Balaban J connectivity index is 1.94. The fourth-order valence-electron chi connectivity index (χ4n) is 3.26. The minimum Gasteiger partial charge on any atom is -0.374 e. The molecule has 1 atom stereocenters. The van der Waals surface area contributed by atoms with Gasteiger partial charge in [0.05, 0.1) is 16.8 Å². The second-order valence-electron chi connectivity index (χ2n) is 6.21. The number of nitrogens with zero attached hydrogens (tertiary/aromatic N) is 2. The van der Waals surface area contributed by atoms with E-state index in [4.69, 9.17) is 5.73 Å². The summed E-state index contributed by atoms with van der Waals surface area (Å²) in [5.74, 6) is -1.99. The maximum Gasteiger partial charge on any atom is 0.264 e. The van der Waals surface area contributed by atoms with E-state index in [1.807, 2.05) is 11.9 Å². The van der Waals surface area contributed by atoms with Crippen molar-refractivity contribution < 1.29 is 19.2 Å². The van der Waals surface area contributed by atoms with Crippen LogP contribution in [0.15, 0.2) is 18.2 Å². The van der Waals surface area contributed by atoms with Crippen LogP contribution in [0, 0.1) is 0 Å². The number of anilines is 1. The Bertz CT molecular complexity index is 761. The lowest BCUT2D eigenvalue weighted by atomic mass is 10.0. The summed E-state index contributed by atoms with van der Waals surface area (Å²) in [6.45, 7) is 1.17. The molecule has 4 amide bonds. The lowest BCUT2D eigenvalue weighted by Gasteiger charge is -2.28. The molecule has 1 aromatic rings. The minimum atomic E-state index is -0.952. The maximum atomic E-state index is 12.9. The summed E-state index contributed by atoms with van der Waals surface area (Å²) < 4.78 is 0. The summed E-state index contributed by atoms with van der Waals surface area (Å²) in [5.41, 5.74) is 6.76. The molecule has 1 unspecified atom stereocenters. The molecule has 0 aliphatic carbocycles. The molecule has 2 heterocycles. The van der Waals surface area contributed by atoms with Crippen molar-refractivity contribution in [1.29, 1.82) is 0 Å². The fourth-order valence-corrected chi connectivity index (χ4v) is 3.26. The van der Waals surface area contributed by atoms with Gasteiger partial charge in [-0.2, -0.15) is 0 Å². The Kier molecular flexibility index (Phi) is 4.54. The van der Waals surface area contributed by atoms with Gasteiger partial charge in [-0.25, -0.2) is 0 Å². The molecule has 2 aliphatic heterocycles. The third kappa shape index (κ3) is 2.89. The first-order valence-corrected chi connectivity index (χ1v) is 8.21. The predicted octanol–water partition coefficient (Wildman–Crippen LogP) is -0.127. The van der Waals surface area contributed by atoms with E-state index in [9.17, 15) is 19.2 Å². The van der Waals surface area contributed by atoms with Gasteiger partial charge >= 0.3 is 0 Å². The number of imide groups is 2. The number of benzene rings is 1. The molecule has 1 fully saturated rings. The van der Waals surface area contributed by atoms with Crippen molar-refractivity contribution in [3.63, 3.8) is 0 Å². The zero-order chi connectivity index (χ0) is 18.1. The number of carbonyl (C=O) groups is 4. The molecule has 1 aromatic carbocycles. The van der Waals surface area contributed by atoms with E-state index in [0.717, 1.165) is 11.3 Å². The van der Waals surface area contributed by atoms with E-state index in [0.29, 0.717) is 24.3 Å². The lowest BCUT2D eigenvalue weighted by molar-refractivity contribution is -0.136. The highest BCUT2D eigenvalue weighted by molar-refractivity contribution is 6.25. The zero-order valence-electron chi connectivity index (χ0n) is 13.9. The summed E-state index contributed by atoms with van der Waals surface area (Å²) in [7, 11) is 1.83. The van der Waals surface area contributed by atoms with Crippen LogP contribution >= 0.6 is 0 Å². The second-order valence-corrected chi connectivity index (χ2v) is 6.21. The van der Waals surface area contributed by atoms with Gasteiger partial charge in [-0.3, -0.25) is 29.4 Å². The van der Waals surface area contributed by atoms with E-state index in [-0.39, 0.29) is 24.3 Å². The molecule has 8 nitrogen and oxygen atoms in total. The molecule has 0 spiro atoms. The van der Waals surface area contributed by atoms with Crippen molar-refractivity contribution in [2.24, 2.45) is 5.73 Å². The van der Waals surface area contributed by atoms with Gasteiger partial charge in [-0.1, -0.05) is 6.07 Å². The number of piperidine rings is 1. The van der Waals surface area contributed by atoms with Gasteiger partial charge in [0.2, 0.25) is 11.8 Å². The smallest absolute Gasteiger partial charge is 0.264 e. The molecule has 0 radical (unpaired) electrons. The molecule has 0 saturated carbocycles. The Labute approximate surface area is 144 Å². The van der Waals surface area contributed by atoms with Gasteiger partial charge < -0.3 is 10.6 Å². The zero-order valence-corrected chi connectivity index (χ0v) is 13.9. The van der Waals surface area contributed by atoms with Crippen LogP contribution in [0.3, 0.4) is 0 Å². The molecule has 3 rings (SSSR count). The fraction of sp³-hybridized carbons (Fsp3) is 0.412. The van der Waals surface area contributed by atoms with Crippen molar-refractivity contribution in [3.05, 3.63) is 29.3 Å². The van der Waals surface area contributed by atoms with Crippen molar-refractivity contribution in [1.82, 2.24) is 10.2 Å². The van der Waals surface area contributed by atoms with E-state index < -0.39 is 23.8 Å². The van der Waals surface area contributed by atoms with Gasteiger partial charge in [0, 0.05) is 20.0 Å². The Morgan fingerprint density at radius 3 is 2.68 bits per heavy atom. The van der Waals surface area contributed by atoms with Gasteiger partial charge in [-0.15, -0.1) is 0 Å². The number of nitrogens with one attached hydrogen (secondary N) is 1. The quantitative estimate of drug-likeness (QED) is 0.720. The van der Waals surface area contributed by atoms with Crippen LogP contribution in [-0.4, -0.2) is 54.7 Å². The van der Waals surface area contributed by atoms with E-state index in [1.54, 1.807) is 18.2 Å². The molecule has 132 valence electrons. The van der Waals surface area contributed by atoms with E-state index in [1.165, 1.54) is 0 Å². The monoisotopic (exact) mass is 344 g/mol. The van der Waals surface area contributed by atoms with Crippen LogP contribution in [0.1, 0.15) is 40.0 Å². The van der Waals surface area contributed by atoms with Gasteiger partial charge in [-0.05, 0) is 31.5 Å². The summed E-state index contributed by atoms with van der Waals surface area (Å²) >= 11 is 0. The topological polar surface area (TPSA) is 113 Å². The highest BCUT2D eigenvalue weighted by atomic mass is 16.2. The number of carbonyl (C=O) groups excluding carboxylic acids is 4. The lowest BCUT2D eigenvalue weighted by Crippen LogP contribution is -2.54. The first kappa shape index (κ1) is 17.1.